The number of benzene rings is 1. The van der Waals surface area contributed by atoms with E-state index in [-0.39, 0.29) is 36.1 Å². The highest BCUT2D eigenvalue weighted by Gasteiger charge is 2.37. The van der Waals surface area contributed by atoms with Crippen LogP contribution in [0, 0.1) is 12.8 Å². The van der Waals surface area contributed by atoms with E-state index in [2.05, 4.69) is 10.3 Å². The SMILES string of the molecule is Cc1ccc(C(=O)N2CCCN(C(=O)C3CC3)C(c3ccccc3)CC(=O)NCC2)cn1. The van der Waals surface area contributed by atoms with Gasteiger partial charge < -0.3 is 15.1 Å². The van der Waals surface area contributed by atoms with Gasteiger partial charge in [-0.15, -0.1) is 0 Å². The van der Waals surface area contributed by atoms with E-state index >= 15 is 0 Å². The Morgan fingerprint density at radius 3 is 2.50 bits per heavy atom. The lowest BCUT2D eigenvalue weighted by atomic mass is 10.0. The summed E-state index contributed by atoms with van der Waals surface area (Å²) in [5, 5.41) is 2.94. The molecular formula is C25H30N4O3. The first-order valence-corrected chi connectivity index (χ1v) is 11.4. The smallest absolute Gasteiger partial charge is 0.255 e. The third-order valence-electron chi connectivity index (χ3n) is 6.13. The predicted octanol–water partition coefficient (Wildman–Crippen LogP) is 2.72. The number of pyridine rings is 1. The van der Waals surface area contributed by atoms with Crippen LogP contribution < -0.4 is 5.32 Å². The van der Waals surface area contributed by atoms with Crippen molar-refractivity contribution in [1.29, 1.82) is 0 Å². The molecule has 1 aliphatic carbocycles. The third kappa shape index (κ3) is 5.33. The molecule has 1 aromatic carbocycles. The maximum atomic E-state index is 13.2. The molecule has 1 saturated heterocycles. The van der Waals surface area contributed by atoms with Crippen LogP contribution in [-0.4, -0.2) is 58.7 Å². The van der Waals surface area contributed by atoms with E-state index in [0.717, 1.165) is 24.1 Å². The van der Waals surface area contributed by atoms with Gasteiger partial charge in [-0.1, -0.05) is 30.3 Å². The van der Waals surface area contributed by atoms with E-state index in [4.69, 9.17) is 0 Å². The molecule has 1 aromatic heterocycles. The molecule has 1 N–H and O–H groups in total. The second kappa shape index (κ2) is 9.94. The number of rotatable bonds is 3. The number of nitrogens with one attached hydrogen (secondary N) is 1. The lowest BCUT2D eigenvalue weighted by Crippen LogP contribution is -2.39. The van der Waals surface area contributed by atoms with Crippen LogP contribution in [0.5, 0.6) is 0 Å². The Hall–Kier alpha value is -3.22. The molecule has 32 heavy (non-hydrogen) atoms. The zero-order valence-electron chi connectivity index (χ0n) is 18.5. The quantitative estimate of drug-likeness (QED) is 0.805. The van der Waals surface area contributed by atoms with Gasteiger partial charge in [0.15, 0.2) is 0 Å². The molecule has 2 aromatic rings. The minimum Gasteiger partial charge on any atom is -0.354 e. The number of carbonyl (C=O) groups is 3. The summed E-state index contributed by atoms with van der Waals surface area (Å²) in [5.74, 6) is -0.0401. The van der Waals surface area contributed by atoms with Gasteiger partial charge in [0.2, 0.25) is 11.8 Å². The van der Waals surface area contributed by atoms with Gasteiger partial charge in [-0.3, -0.25) is 19.4 Å². The first-order valence-electron chi connectivity index (χ1n) is 11.4. The van der Waals surface area contributed by atoms with Gasteiger partial charge in [-0.25, -0.2) is 0 Å². The van der Waals surface area contributed by atoms with Crippen LogP contribution >= 0.6 is 0 Å². The number of nitrogens with zero attached hydrogens (tertiary/aromatic N) is 3. The highest BCUT2D eigenvalue weighted by molar-refractivity contribution is 5.94. The Labute approximate surface area is 188 Å². The maximum absolute atomic E-state index is 13.2. The highest BCUT2D eigenvalue weighted by atomic mass is 16.2. The zero-order valence-corrected chi connectivity index (χ0v) is 18.5. The average molecular weight is 435 g/mol. The molecule has 2 aliphatic rings. The number of aryl methyl sites for hydroxylation is 1. The van der Waals surface area contributed by atoms with Crippen molar-refractivity contribution in [1.82, 2.24) is 20.1 Å². The van der Waals surface area contributed by atoms with Crippen LogP contribution in [0.1, 0.15) is 53.3 Å². The summed E-state index contributed by atoms with van der Waals surface area (Å²) in [5.41, 5.74) is 2.35. The standard InChI is InChI=1S/C25H30N4O3/c1-18-8-9-21(17-27-18)24(31)28-13-5-14-29(25(32)20-10-11-20)22(16-23(30)26-12-15-28)19-6-3-2-4-7-19/h2-4,6-9,17,20,22H,5,10-16H2,1H3,(H,26,30). The fourth-order valence-electron chi connectivity index (χ4n) is 4.17. The molecule has 1 saturated carbocycles. The first kappa shape index (κ1) is 22.0. The van der Waals surface area contributed by atoms with Gasteiger partial charge in [-0.05, 0) is 43.9 Å². The molecule has 168 valence electrons. The summed E-state index contributed by atoms with van der Waals surface area (Å²) in [6.45, 7) is 3.70. The van der Waals surface area contributed by atoms with E-state index < -0.39 is 0 Å². The lowest BCUT2D eigenvalue weighted by Gasteiger charge is -2.32. The summed E-state index contributed by atoms with van der Waals surface area (Å²) in [6.07, 6.45) is 4.29. The van der Waals surface area contributed by atoms with Crippen molar-refractivity contribution in [2.75, 3.05) is 26.2 Å². The summed E-state index contributed by atoms with van der Waals surface area (Å²) >= 11 is 0. The van der Waals surface area contributed by atoms with E-state index in [1.807, 2.05) is 48.2 Å². The topological polar surface area (TPSA) is 82.6 Å². The molecule has 4 rings (SSSR count). The number of aromatic nitrogens is 1. The van der Waals surface area contributed by atoms with Gasteiger partial charge >= 0.3 is 0 Å². The molecule has 3 amide bonds. The van der Waals surface area contributed by atoms with Gasteiger partial charge in [-0.2, -0.15) is 0 Å². The highest BCUT2D eigenvalue weighted by Crippen LogP contribution is 2.35. The Balaban J connectivity index is 1.55. The average Bonchev–Trinajstić information content (AvgIpc) is 3.65. The van der Waals surface area contributed by atoms with Gasteiger partial charge in [0.25, 0.3) is 5.91 Å². The number of carbonyl (C=O) groups excluding carboxylic acids is 3. The Kier molecular flexibility index (Phi) is 6.83. The van der Waals surface area contributed by atoms with Gasteiger partial charge in [0, 0.05) is 44.0 Å². The Morgan fingerprint density at radius 1 is 1.03 bits per heavy atom. The predicted molar refractivity (Wildman–Crippen MR) is 121 cm³/mol. The van der Waals surface area contributed by atoms with E-state index in [0.29, 0.717) is 38.2 Å². The second-order valence-electron chi connectivity index (χ2n) is 8.62. The van der Waals surface area contributed by atoms with Crippen molar-refractivity contribution >= 4 is 17.7 Å². The molecule has 0 bridgehead atoms. The summed E-state index contributed by atoms with van der Waals surface area (Å²) < 4.78 is 0. The molecule has 7 nitrogen and oxygen atoms in total. The van der Waals surface area contributed by atoms with Crippen molar-refractivity contribution < 1.29 is 14.4 Å². The molecular weight excluding hydrogens is 404 g/mol. The molecule has 0 radical (unpaired) electrons. The van der Waals surface area contributed by atoms with Crippen LogP contribution in [0.4, 0.5) is 0 Å². The van der Waals surface area contributed by atoms with Crippen LogP contribution in [0.25, 0.3) is 0 Å². The lowest BCUT2D eigenvalue weighted by molar-refractivity contribution is -0.136. The van der Waals surface area contributed by atoms with E-state index in [1.165, 1.54) is 0 Å². The zero-order chi connectivity index (χ0) is 22.5. The molecule has 1 unspecified atom stereocenters. The largest absolute Gasteiger partial charge is 0.354 e. The number of hydrogen-bond donors (Lipinski definition) is 1. The van der Waals surface area contributed by atoms with E-state index in [1.54, 1.807) is 17.2 Å². The van der Waals surface area contributed by atoms with E-state index in [9.17, 15) is 14.4 Å². The van der Waals surface area contributed by atoms with Crippen LogP contribution in [0.3, 0.4) is 0 Å². The minimum absolute atomic E-state index is 0.0609. The second-order valence-corrected chi connectivity index (χ2v) is 8.62. The van der Waals surface area contributed by atoms with Crippen LogP contribution in [-0.2, 0) is 9.59 Å². The molecule has 0 spiro atoms. The Bertz CT molecular complexity index is 957. The number of amides is 3. The maximum Gasteiger partial charge on any atom is 0.255 e. The molecule has 2 heterocycles. The number of hydrogen-bond acceptors (Lipinski definition) is 4. The summed E-state index contributed by atoms with van der Waals surface area (Å²) in [4.78, 5) is 46.8. The Morgan fingerprint density at radius 2 is 1.81 bits per heavy atom. The van der Waals surface area contributed by atoms with Crippen LogP contribution in [0.15, 0.2) is 48.7 Å². The molecule has 1 atom stereocenters. The minimum atomic E-state index is -0.298. The van der Waals surface area contributed by atoms with Crippen molar-refractivity contribution in [3.05, 3.63) is 65.5 Å². The van der Waals surface area contributed by atoms with Gasteiger partial charge in [0.05, 0.1) is 18.0 Å². The fraction of sp³-hybridized carbons (Fsp3) is 0.440. The van der Waals surface area contributed by atoms with Crippen molar-refractivity contribution in [3.8, 4) is 0 Å². The normalized spacial score (nSPS) is 20.3. The molecule has 2 fully saturated rings. The molecule has 7 heteroatoms. The van der Waals surface area contributed by atoms with Crippen LogP contribution in [0.2, 0.25) is 0 Å². The fourth-order valence-corrected chi connectivity index (χ4v) is 4.17. The van der Waals surface area contributed by atoms with Crippen molar-refractivity contribution in [2.45, 2.75) is 38.6 Å². The van der Waals surface area contributed by atoms with Crippen molar-refractivity contribution in [2.24, 2.45) is 5.92 Å². The third-order valence-corrected chi connectivity index (χ3v) is 6.13. The van der Waals surface area contributed by atoms with Crippen molar-refractivity contribution in [3.63, 3.8) is 0 Å². The molecule has 1 aliphatic heterocycles. The summed E-state index contributed by atoms with van der Waals surface area (Å²) in [6, 6.07) is 13.1. The summed E-state index contributed by atoms with van der Waals surface area (Å²) in [7, 11) is 0. The monoisotopic (exact) mass is 434 g/mol. The van der Waals surface area contributed by atoms with Gasteiger partial charge in [0.1, 0.15) is 0 Å². The first-order chi connectivity index (χ1) is 15.5.